The normalized spacial score (nSPS) is 13.9. The van der Waals surface area contributed by atoms with Gasteiger partial charge in [0.2, 0.25) is 16.0 Å². The molecule has 0 atom stereocenters. The van der Waals surface area contributed by atoms with E-state index in [4.69, 9.17) is 0 Å². The molecule has 0 saturated heterocycles. The minimum atomic E-state index is -0.361. The molecule has 0 radical (unpaired) electrons. The lowest BCUT2D eigenvalue weighted by Crippen LogP contribution is -2.25. The number of nitrogens with one attached hydrogen (secondary N) is 2. The van der Waals surface area contributed by atoms with Gasteiger partial charge in [0.15, 0.2) is 0 Å². The summed E-state index contributed by atoms with van der Waals surface area (Å²) in [5.74, 6) is -0.364. The van der Waals surface area contributed by atoms with Gasteiger partial charge in [0.1, 0.15) is 10.0 Å². The van der Waals surface area contributed by atoms with Crippen LogP contribution in [0.3, 0.4) is 0 Å². The lowest BCUT2D eigenvalue weighted by atomic mass is 9.97. The average molecular weight is 407 g/mol. The van der Waals surface area contributed by atoms with Crippen LogP contribution in [0.5, 0.6) is 0 Å². The largest absolute Gasteiger partial charge is 0.356 e. The van der Waals surface area contributed by atoms with Gasteiger partial charge in [0, 0.05) is 19.4 Å². The standard InChI is InChI=1S/C17H22N6O2S2/c1-11-20-23-17(26-11)19-15(25)16-22-21-14(27-16)8-7-13(24)18-10-9-12-5-3-2-4-6-12/h5H,2-4,6-10H2,1H3,(H,18,24)(H,19,23,25). The third-order valence-electron chi connectivity index (χ3n) is 4.13. The minimum absolute atomic E-state index is 0.00283. The van der Waals surface area contributed by atoms with Crippen LogP contribution in [0.15, 0.2) is 11.6 Å². The van der Waals surface area contributed by atoms with E-state index in [9.17, 15) is 9.59 Å². The van der Waals surface area contributed by atoms with E-state index < -0.39 is 0 Å². The van der Waals surface area contributed by atoms with E-state index in [0.717, 1.165) is 24.3 Å². The van der Waals surface area contributed by atoms with Gasteiger partial charge in [-0.2, -0.15) is 0 Å². The van der Waals surface area contributed by atoms with Crippen molar-refractivity contribution in [1.29, 1.82) is 0 Å². The Labute approximate surface area is 165 Å². The molecule has 2 N–H and O–H groups in total. The van der Waals surface area contributed by atoms with Crippen LogP contribution in [-0.4, -0.2) is 38.8 Å². The topological polar surface area (TPSA) is 110 Å². The summed E-state index contributed by atoms with van der Waals surface area (Å²) in [5.41, 5.74) is 1.45. The van der Waals surface area contributed by atoms with Gasteiger partial charge in [-0.15, -0.1) is 20.4 Å². The second-order valence-electron chi connectivity index (χ2n) is 6.29. The quantitative estimate of drug-likeness (QED) is 0.652. The minimum Gasteiger partial charge on any atom is -0.356 e. The molecule has 3 rings (SSSR count). The van der Waals surface area contributed by atoms with Gasteiger partial charge < -0.3 is 5.32 Å². The number of hydrogen-bond acceptors (Lipinski definition) is 8. The molecule has 2 amide bonds. The van der Waals surface area contributed by atoms with Gasteiger partial charge in [0.05, 0.1) is 0 Å². The maximum absolute atomic E-state index is 12.1. The summed E-state index contributed by atoms with van der Waals surface area (Å²) >= 11 is 2.48. The Hall–Kier alpha value is -2.20. The van der Waals surface area contributed by atoms with Crippen LogP contribution in [0.2, 0.25) is 0 Å². The van der Waals surface area contributed by atoms with Crippen LogP contribution in [0, 0.1) is 6.92 Å². The maximum atomic E-state index is 12.1. The lowest BCUT2D eigenvalue weighted by molar-refractivity contribution is -0.121. The fourth-order valence-electron chi connectivity index (χ4n) is 2.75. The van der Waals surface area contributed by atoms with Crippen molar-refractivity contribution >= 4 is 39.6 Å². The Bertz CT molecular complexity index is 829. The molecule has 2 heterocycles. The summed E-state index contributed by atoms with van der Waals surface area (Å²) in [6.07, 6.45) is 8.88. The summed E-state index contributed by atoms with van der Waals surface area (Å²) in [5, 5.41) is 23.3. The second-order valence-corrected chi connectivity index (χ2v) is 8.53. The number of hydrogen-bond donors (Lipinski definition) is 2. The number of rotatable bonds is 8. The highest BCUT2D eigenvalue weighted by molar-refractivity contribution is 7.15. The summed E-state index contributed by atoms with van der Waals surface area (Å²) in [7, 11) is 0. The maximum Gasteiger partial charge on any atom is 0.288 e. The van der Waals surface area contributed by atoms with Crippen molar-refractivity contribution in [3.63, 3.8) is 0 Å². The Balaban J connectivity index is 1.39. The molecule has 0 saturated carbocycles. The van der Waals surface area contributed by atoms with Crippen molar-refractivity contribution < 1.29 is 9.59 Å². The number of allylic oxidation sites excluding steroid dienone is 1. The zero-order chi connectivity index (χ0) is 19.1. The van der Waals surface area contributed by atoms with Crippen LogP contribution in [0.4, 0.5) is 5.13 Å². The zero-order valence-corrected chi connectivity index (χ0v) is 16.8. The van der Waals surface area contributed by atoms with Crippen molar-refractivity contribution in [2.75, 3.05) is 11.9 Å². The molecule has 10 heteroatoms. The van der Waals surface area contributed by atoms with E-state index >= 15 is 0 Å². The predicted octanol–water partition coefficient (Wildman–Crippen LogP) is 2.89. The Morgan fingerprint density at radius 2 is 2.00 bits per heavy atom. The van der Waals surface area contributed by atoms with Crippen molar-refractivity contribution in [2.45, 2.75) is 51.9 Å². The van der Waals surface area contributed by atoms with E-state index in [-0.39, 0.29) is 16.8 Å². The molecular formula is C17H22N6O2S2. The lowest BCUT2D eigenvalue weighted by Gasteiger charge is -2.12. The van der Waals surface area contributed by atoms with E-state index in [1.54, 1.807) is 0 Å². The van der Waals surface area contributed by atoms with Crippen molar-refractivity contribution in [3.8, 4) is 0 Å². The molecule has 8 nitrogen and oxygen atoms in total. The van der Waals surface area contributed by atoms with E-state index in [1.165, 1.54) is 41.1 Å². The molecule has 2 aromatic heterocycles. The third-order valence-corrected chi connectivity index (χ3v) is 5.86. The van der Waals surface area contributed by atoms with Crippen LogP contribution >= 0.6 is 22.7 Å². The first-order valence-corrected chi connectivity index (χ1v) is 10.6. The number of aryl methyl sites for hydroxylation is 2. The fourth-order valence-corrected chi connectivity index (χ4v) is 4.07. The number of anilines is 1. The summed E-state index contributed by atoms with van der Waals surface area (Å²) in [6.45, 7) is 2.49. The molecule has 0 fully saturated rings. The van der Waals surface area contributed by atoms with Crippen molar-refractivity contribution in [2.24, 2.45) is 0 Å². The zero-order valence-electron chi connectivity index (χ0n) is 15.2. The van der Waals surface area contributed by atoms with Gasteiger partial charge >= 0.3 is 0 Å². The first-order chi connectivity index (χ1) is 13.1. The molecule has 1 aliphatic carbocycles. The van der Waals surface area contributed by atoms with E-state index in [2.05, 4.69) is 37.1 Å². The molecule has 1 aliphatic rings. The number of carbonyl (C=O) groups excluding carboxylic acids is 2. The van der Waals surface area contributed by atoms with E-state index in [1.807, 2.05) is 6.92 Å². The summed E-state index contributed by atoms with van der Waals surface area (Å²) in [6, 6.07) is 0. The summed E-state index contributed by atoms with van der Waals surface area (Å²) < 4.78 is 0. The number of amides is 2. The molecule has 0 unspecified atom stereocenters. The number of nitrogens with zero attached hydrogens (tertiary/aromatic N) is 4. The number of aromatic nitrogens is 4. The first-order valence-electron chi connectivity index (χ1n) is 8.98. The monoisotopic (exact) mass is 406 g/mol. The van der Waals surface area contributed by atoms with Crippen LogP contribution in [0.1, 0.15) is 58.3 Å². The highest BCUT2D eigenvalue weighted by Crippen LogP contribution is 2.19. The molecule has 144 valence electrons. The van der Waals surface area contributed by atoms with Crippen LogP contribution in [0.25, 0.3) is 0 Å². The molecule has 0 bridgehead atoms. The van der Waals surface area contributed by atoms with Gasteiger partial charge in [-0.25, -0.2) is 0 Å². The van der Waals surface area contributed by atoms with E-state index in [0.29, 0.717) is 29.5 Å². The molecule has 0 spiro atoms. The average Bonchev–Trinajstić information content (AvgIpc) is 3.30. The van der Waals surface area contributed by atoms with Crippen molar-refractivity contribution in [1.82, 2.24) is 25.7 Å². The predicted molar refractivity (Wildman–Crippen MR) is 105 cm³/mol. The van der Waals surface area contributed by atoms with Gasteiger partial charge in [-0.3, -0.25) is 14.9 Å². The third kappa shape index (κ3) is 6.17. The van der Waals surface area contributed by atoms with Crippen LogP contribution < -0.4 is 10.6 Å². The Kier molecular flexibility index (Phi) is 6.99. The van der Waals surface area contributed by atoms with Crippen LogP contribution in [-0.2, 0) is 11.2 Å². The first kappa shape index (κ1) is 19.6. The van der Waals surface area contributed by atoms with Gasteiger partial charge in [-0.05, 0) is 39.0 Å². The molecule has 27 heavy (non-hydrogen) atoms. The molecule has 2 aromatic rings. The van der Waals surface area contributed by atoms with Crippen molar-refractivity contribution in [3.05, 3.63) is 26.7 Å². The fraction of sp³-hybridized carbons (Fsp3) is 0.529. The van der Waals surface area contributed by atoms with Gasteiger partial charge in [0.25, 0.3) is 5.91 Å². The Morgan fingerprint density at radius 3 is 2.74 bits per heavy atom. The molecule has 0 aliphatic heterocycles. The smallest absolute Gasteiger partial charge is 0.288 e. The highest BCUT2D eigenvalue weighted by atomic mass is 32.1. The van der Waals surface area contributed by atoms with Gasteiger partial charge in [-0.1, -0.05) is 34.3 Å². The Morgan fingerprint density at radius 1 is 1.11 bits per heavy atom. The second kappa shape index (κ2) is 9.65. The molecular weight excluding hydrogens is 384 g/mol. The highest BCUT2D eigenvalue weighted by Gasteiger charge is 2.15. The molecule has 0 aromatic carbocycles. The SMILES string of the molecule is Cc1nnc(NC(=O)c2nnc(CCC(=O)NCCC3=CCCCC3)s2)s1. The summed E-state index contributed by atoms with van der Waals surface area (Å²) in [4.78, 5) is 24.1. The number of carbonyl (C=O) groups is 2.